The third-order valence-corrected chi connectivity index (χ3v) is 1.98. The first kappa shape index (κ1) is 13.1. The third kappa shape index (κ3) is 3.27. The van der Waals surface area contributed by atoms with Crippen molar-refractivity contribution in [3.05, 3.63) is 29.2 Å². The van der Waals surface area contributed by atoms with Crippen molar-refractivity contribution < 1.29 is 13.2 Å². The molecule has 17 heavy (non-hydrogen) atoms. The van der Waals surface area contributed by atoms with Gasteiger partial charge in [-0.25, -0.2) is 0 Å². The molecule has 0 fully saturated rings. The molecule has 1 heterocycles. The van der Waals surface area contributed by atoms with E-state index < -0.39 is 11.9 Å². The van der Waals surface area contributed by atoms with Crippen LogP contribution in [0, 0.1) is 0 Å². The fraction of sp³-hybridized carbons (Fsp3) is 0.300. The lowest BCUT2D eigenvalue weighted by molar-refractivity contribution is -0.141. The van der Waals surface area contributed by atoms with Crippen LogP contribution in [0.4, 0.5) is 13.2 Å². The monoisotopic (exact) mass is 244 g/mol. The summed E-state index contributed by atoms with van der Waals surface area (Å²) in [6.45, 7) is 4.97. The molecule has 0 bridgehead atoms. The largest absolute Gasteiger partial charge is 0.432 e. The van der Waals surface area contributed by atoms with Crippen LogP contribution in [0.25, 0.3) is 0 Å². The number of aromatic amines is 1. The molecule has 1 N–H and O–H groups in total. The van der Waals surface area contributed by atoms with Gasteiger partial charge in [-0.1, -0.05) is 0 Å². The van der Waals surface area contributed by atoms with Gasteiger partial charge in [0.2, 0.25) is 0 Å². The van der Waals surface area contributed by atoms with E-state index in [9.17, 15) is 13.2 Å². The zero-order chi connectivity index (χ0) is 13.1. The number of nitrogens with one attached hydrogen (secondary N) is 1. The minimum absolute atomic E-state index is 0.114. The standard InChI is InChI=1S/C10H11F3N4/c1-6(14-2)4-7(15-3)8-5-9(17-16-8)10(11,12)13/h4-5H,2H2,1,3H3,(H,16,17)/b6-4-,15-7?. The Morgan fingerprint density at radius 1 is 1.53 bits per heavy atom. The number of allylic oxidation sites excluding steroid dienone is 2. The Balaban J connectivity index is 3.08. The molecule has 0 amide bonds. The van der Waals surface area contributed by atoms with Crippen molar-refractivity contribution in [3.63, 3.8) is 0 Å². The van der Waals surface area contributed by atoms with E-state index in [4.69, 9.17) is 0 Å². The molecule has 1 aromatic rings. The summed E-state index contributed by atoms with van der Waals surface area (Å²) in [6.07, 6.45) is -2.94. The van der Waals surface area contributed by atoms with E-state index >= 15 is 0 Å². The van der Waals surface area contributed by atoms with Gasteiger partial charge in [-0.05, 0) is 25.8 Å². The second kappa shape index (κ2) is 4.94. The van der Waals surface area contributed by atoms with Crippen molar-refractivity contribution in [1.29, 1.82) is 0 Å². The first-order valence-electron chi connectivity index (χ1n) is 4.63. The van der Waals surface area contributed by atoms with Crippen LogP contribution < -0.4 is 0 Å². The van der Waals surface area contributed by atoms with Gasteiger partial charge < -0.3 is 0 Å². The Labute approximate surface area is 96.0 Å². The molecule has 1 aromatic heterocycles. The summed E-state index contributed by atoms with van der Waals surface area (Å²) >= 11 is 0. The highest BCUT2D eigenvalue weighted by molar-refractivity contribution is 6.07. The number of alkyl halides is 3. The molecule has 0 aliphatic carbocycles. The zero-order valence-electron chi connectivity index (χ0n) is 9.34. The molecular weight excluding hydrogens is 233 g/mol. The van der Waals surface area contributed by atoms with Crippen molar-refractivity contribution in [2.45, 2.75) is 13.1 Å². The van der Waals surface area contributed by atoms with Crippen molar-refractivity contribution in [3.8, 4) is 0 Å². The fourth-order valence-electron chi connectivity index (χ4n) is 1.09. The molecule has 92 valence electrons. The van der Waals surface area contributed by atoms with Gasteiger partial charge in [0.05, 0.1) is 5.71 Å². The Morgan fingerprint density at radius 3 is 2.59 bits per heavy atom. The number of halogens is 3. The lowest BCUT2D eigenvalue weighted by Gasteiger charge is -2.00. The highest BCUT2D eigenvalue weighted by atomic mass is 19.4. The van der Waals surface area contributed by atoms with Gasteiger partial charge in [0, 0.05) is 12.7 Å². The Bertz CT molecular complexity index is 468. The maximum Gasteiger partial charge on any atom is 0.432 e. The van der Waals surface area contributed by atoms with E-state index in [-0.39, 0.29) is 5.69 Å². The van der Waals surface area contributed by atoms with E-state index in [0.717, 1.165) is 6.07 Å². The van der Waals surface area contributed by atoms with Crippen molar-refractivity contribution in [2.24, 2.45) is 9.98 Å². The fourth-order valence-corrected chi connectivity index (χ4v) is 1.09. The quantitative estimate of drug-likeness (QED) is 0.816. The van der Waals surface area contributed by atoms with Crippen LogP contribution in [0.15, 0.2) is 27.8 Å². The highest BCUT2D eigenvalue weighted by Gasteiger charge is 2.33. The van der Waals surface area contributed by atoms with Gasteiger partial charge in [-0.3, -0.25) is 15.1 Å². The van der Waals surface area contributed by atoms with E-state index in [0.29, 0.717) is 11.4 Å². The molecule has 0 aromatic carbocycles. The molecule has 0 saturated heterocycles. The van der Waals surface area contributed by atoms with Gasteiger partial charge in [0.1, 0.15) is 11.4 Å². The summed E-state index contributed by atoms with van der Waals surface area (Å²) in [5, 5.41) is 5.48. The summed E-state index contributed by atoms with van der Waals surface area (Å²) < 4.78 is 37.0. The Hall–Kier alpha value is -1.92. The average Bonchev–Trinajstić information content (AvgIpc) is 2.74. The molecular formula is C10H11F3N4. The zero-order valence-corrected chi connectivity index (χ0v) is 9.34. The SMILES string of the molecule is C=N/C(C)=C\C(=NC)c1cc(C(F)(F)F)[nH]n1. The molecule has 0 aliphatic heterocycles. The predicted octanol–water partition coefficient (Wildman–Crippen LogP) is 2.45. The van der Waals surface area contributed by atoms with Crippen LogP contribution in [0.5, 0.6) is 0 Å². The average molecular weight is 244 g/mol. The number of aromatic nitrogens is 2. The van der Waals surface area contributed by atoms with E-state index in [2.05, 4.69) is 21.8 Å². The van der Waals surface area contributed by atoms with Crippen LogP contribution in [-0.4, -0.2) is 29.7 Å². The Morgan fingerprint density at radius 2 is 2.18 bits per heavy atom. The minimum atomic E-state index is -4.44. The maximum absolute atomic E-state index is 12.3. The first-order chi connectivity index (χ1) is 7.88. The van der Waals surface area contributed by atoms with Crippen LogP contribution in [-0.2, 0) is 6.18 Å². The lowest BCUT2D eigenvalue weighted by Crippen LogP contribution is -2.04. The van der Waals surface area contributed by atoms with Gasteiger partial charge in [0.25, 0.3) is 0 Å². The number of nitrogens with zero attached hydrogens (tertiary/aromatic N) is 3. The van der Waals surface area contributed by atoms with E-state index in [1.807, 2.05) is 5.10 Å². The minimum Gasteiger partial charge on any atom is -0.286 e. The highest BCUT2D eigenvalue weighted by Crippen LogP contribution is 2.27. The lowest BCUT2D eigenvalue weighted by atomic mass is 10.2. The normalized spacial score (nSPS) is 13.9. The molecule has 0 spiro atoms. The van der Waals surface area contributed by atoms with Crippen molar-refractivity contribution in [2.75, 3.05) is 7.05 Å². The summed E-state index contributed by atoms with van der Waals surface area (Å²) in [7, 11) is 1.46. The maximum atomic E-state index is 12.3. The van der Waals surface area contributed by atoms with Crippen LogP contribution in [0.2, 0.25) is 0 Å². The predicted molar refractivity (Wildman–Crippen MR) is 59.4 cm³/mol. The van der Waals surface area contributed by atoms with Crippen molar-refractivity contribution in [1.82, 2.24) is 10.2 Å². The van der Waals surface area contributed by atoms with Gasteiger partial charge >= 0.3 is 6.18 Å². The van der Waals surface area contributed by atoms with Crippen molar-refractivity contribution >= 4 is 12.4 Å². The second-order valence-electron chi connectivity index (χ2n) is 3.22. The summed E-state index contributed by atoms with van der Waals surface area (Å²) in [5.41, 5.74) is 0.0536. The third-order valence-electron chi connectivity index (χ3n) is 1.98. The molecule has 0 unspecified atom stereocenters. The first-order valence-corrected chi connectivity index (χ1v) is 4.63. The van der Waals surface area contributed by atoms with E-state index in [1.54, 1.807) is 6.92 Å². The smallest absolute Gasteiger partial charge is 0.286 e. The van der Waals surface area contributed by atoms with Crippen LogP contribution >= 0.6 is 0 Å². The molecule has 0 aliphatic rings. The summed E-state index contributed by atoms with van der Waals surface area (Å²) in [5.74, 6) is 0. The van der Waals surface area contributed by atoms with Gasteiger partial charge in [-0.15, -0.1) is 0 Å². The number of aliphatic imine (C=N–C) groups is 2. The molecule has 1 rings (SSSR count). The molecule has 4 nitrogen and oxygen atoms in total. The number of hydrogen-bond donors (Lipinski definition) is 1. The number of rotatable bonds is 3. The van der Waals surface area contributed by atoms with Gasteiger partial charge in [-0.2, -0.15) is 18.3 Å². The summed E-state index contributed by atoms with van der Waals surface area (Å²) in [6, 6.07) is 0.898. The number of H-pyrrole nitrogens is 1. The Kier molecular flexibility index (Phi) is 3.82. The topological polar surface area (TPSA) is 53.4 Å². The van der Waals surface area contributed by atoms with Crippen LogP contribution in [0.1, 0.15) is 18.3 Å². The molecule has 0 atom stereocenters. The molecule has 7 heteroatoms. The number of hydrogen-bond acceptors (Lipinski definition) is 3. The van der Waals surface area contributed by atoms with E-state index in [1.165, 1.54) is 13.1 Å². The summed E-state index contributed by atoms with van der Waals surface area (Å²) in [4.78, 5) is 7.47. The molecule has 0 saturated carbocycles. The second-order valence-corrected chi connectivity index (χ2v) is 3.22. The van der Waals surface area contributed by atoms with Crippen LogP contribution in [0.3, 0.4) is 0 Å². The molecule has 0 radical (unpaired) electrons. The van der Waals surface area contributed by atoms with Gasteiger partial charge in [0.15, 0.2) is 0 Å².